The van der Waals surface area contributed by atoms with Gasteiger partial charge in [0.1, 0.15) is 5.03 Å². The van der Waals surface area contributed by atoms with E-state index in [0.717, 1.165) is 21.8 Å². The van der Waals surface area contributed by atoms with Crippen LogP contribution < -0.4 is 10.9 Å². The highest BCUT2D eigenvalue weighted by Crippen LogP contribution is 2.30. The summed E-state index contributed by atoms with van der Waals surface area (Å²) in [5.74, 6) is 8.33. The minimum absolute atomic E-state index is 0.264. The number of nitrogens with two attached hydrogens (primary N) is 2. The van der Waals surface area contributed by atoms with E-state index >= 15 is 0 Å². The van der Waals surface area contributed by atoms with Crippen molar-refractivity contribution in [1.82, 2.24) is 9.78 Å². The van der Waals surface area contributed by atoms with Crippen molar-refractivity contribution in [3.63, 3.8) is 0 Å². The number of hydrogen-bond donors (Lipinski definition) is 2. The Morgan fingerprint density at radius 2 is 1.55 bits per heavy atom. The molecular weight excluding hydrogens is 512 g/mol. The lowest BCUT2D eigenvalue weighted by Crippen LogP contribution is -2.17. The van der Waals surface area contributed by atoms with Crippen LogP contribution in [0.3, 0.4) is 0 Å². The van der Waals surface area contributed by atoms with Crippen LogP contribution in [-0.2, 0) is 11.2 Å². The highest BCUT2D eigenvalue weighted by atomic mass is 32.2. The summed E-state index contributed by atoms with van der Waals surface area (Å²) in [6, 6.07) is 16.5. The number of primary amides is 1. The zero-order chi connectivity index (χ0) is 29.2. The SMILES string of the molecule is CC(C)c1cc(C#CC2CCCCC2)cc(C(C)C)c1CC(N)=O.CC(C)c1cc(SN)nn1-c1ccccc1. The predicted molar refractivity (Wildman–Crippen MR) is 169 cm³/mol. The molecule has 3 aromatic rings. The van der Waals surface area contributed by atoms with Gasteiger partial charge in [0.15, 0.2) is 0 Å². The summed E-state index contributed by atoms with van der Waals surface area (Å²) in [6.07, 6.45) is 6.77. The van der Waals surface area contributed by atoms with E-state index in [1.807, 2.05) is 41.1 Å². The van der Waals surface area contributed by atoms with Gasteiger partial charge in [0.2, 0.25) is 5.91 Å². The minimum atomic E-state index is -0.264. The molecule has 1 fully saturated rings. The first-order valence-electron chi connectivity index (χ1n) is 14.6. The maximum absolute atomic E-state index is 11.5. The Kier molecular flexibility index (Phi) is 11.9. The monoisotopic (exact) mass is 558 g/mol. The first-order valence-corrected chi connectivity index (χ1v) is 15.5. The van der Waals surface area contributed by atoms with Gasteiger partial charge in [-0.15, -0.1) is 0 Å². The molecule has 1 saturated carbocycles. The summed E-state index contributed by atoms with van der Waals surface area (Å²) < 4.78 is 1.96. The average Bonchev–Trinajstić information content (AvgIpc) is 3.38. The van der Waals surface area contributed by atoms with Crippen LogP contribution in [0.2, 0.25) is 0 Å². The third kappa shape index (κ3) is 8.74. The van der Waals surface area contributed by atoms with Crippen LogP contribution in [0, 0.1) is 17.8 Å². The highest BCUT2D eigenvalue weighted by Gasteiger charge is 2.17. The van der Waals surface area contributed by atoms with E-state index in [4.69, 9.17) is 10.9 Å². The van der Waals surface area contributed by atoms with Gasteiger partial charge in [-0.05, 0) is 89.6 Å². The van der Waals surface area contributed by atoms with Gasteiger partial charge in [0, 0.05) is 17.2 Å². The summed E-state index contributed by atoms with van der Waals surface area (Å²) in [5, 5.41) is 10.9. The lowest BCUT2D eigenvalue weighted by molar-refractivity contribution is -0.117. The standard InChI is InChI=1S/C22H31NO.C12H15N3S/c1-15(2)19-12-18(11-10-17-8-6-5-7-9-17)13-20(16(3)4)21(19)14-22(23)24;1-9(2)11-8-12(16-13)14-15(11)10-6-4-3-5-7-10/h12-13,15-17H,5-9,14H2,1-4H3,(H2,23,24);3-9H,13H2,1-2H3. The number of carbonyl (C=O) groups is 1. The molecule has 4 N–H and O–H groups in total. The smallest absolute Gasteiger partial charge is 0.221 e. The number of benzene rings is 2. The molecule has 1 aliphatic rings. The third-order valence-electron chi connectivity index (χ3n) is 7.37. The fourth-order valence-electron chi connectivity index (χ4n) is 5.25. The number of para-hydroxylation sites is 1. The Bertz CT molecular complexity index is 1280. The van der Waals surface area contributed by atoms with Gasteiger partial charge in [0.05, 0.1) is 12.1 Å². The van der Waals surface area contributed by atoms with Crippen molar-refractivity contribution in [2.45, 2.75) is 103 Å². The molecule has 0 unspecified atom stereocenters. The van der Waals surface area contributed by atoms with E-state index in [9.17, 15) is 4.79 Å². The number of aromatic nitrogens is 2. The molecule has 6 heteroatoms. The van der Waals surface area contributed by atoms with Crippen molar-refractivity contribution in [2.75, 3.05) is 0 Å². The molecule has 0 radical (unpaired) electrons. The van der Waals surface area contributed by atoms with Gasteiger partial charge >= 0.3 is 0 Å². The molecular formula is C34H46N4OS. The fourth-order valence-corrected chi connectivity index (χ4v) is 5.57. The van der Waals surface area contributed by atoms with E-state index < -0.39 is 0 Å². The van der Waals surface area contributed by atoms with Gasteiger partial charge in [-0.1, -0.05) is 90.8 Å². The minimum Gasteiger partial charge on any atom is -0.369 e. The molecule has 0 atom stereocenters. The van der Waals surface area contributed by atoms with Crippen LogP contribution in [0.4, 0.5) is 0 Å². The molecule has 1 aromatic heterocycles. The van der Waals surface area contributed by atoms with Crippen LogP contribution >= 0.6 is 11.9 Å². The maximum atomic E-state index is 11.5. The number of nitrogens with zero attached hydrogens (tertiary/aromatic N) is 2. The molecule has 1 heterocycles. The van der Waals surface area contributed by atoms with Crippen molar-refractivity contribution in [3.8, 4) is 17.5 Å². The summed E-state index contributed by atoms with van der Waals surface area (Å²) in [7, 11) is 0. The molecule has 40 heavy (non-hydrogen) atoms. The van der Waals surface area contributed by atoms with Crippen molar-refractivity contribution in [2.24, 2.45) is 16.8 Å². The summed E-state index contributed by atoms with van der Waals surface area (Å²) >= 11 is 1.18. The topological polar surface area (TPSA) is 86.9 Å². The van der Waals surface area contributed by atoms with E-state index in [1.54, 1.807) is 0 Å². The van der Waals surface area contributed by atoms with Crippen molar-refractivity contribution >= 4 is 17.9 Å². The second-order valence-electron chi connectivity index (χ2n) is 11.6. The highest BCUT2D eigenvalue weighted by molar-refractivity contribution is 7.97. The Balaban J connectivity index is 0.000000238. The zero-order valence-corrected chi connectivity index (χ0v) is 25.9. The average molecular weight is 559 g/mol. The number of rotatable bonds is 7. The van der Waals surface area contributed by atoms with E-state index in [2.05, 4.69) is 70.6 Å². The molecule has 2 aromatic carbocycles. The van der Waals surface area contributed by atoms with Crippen molar-refractivity contribution in [1.29, 1.82) is 0 Å². The molecule has 0 bridgehead atoms. The molecule has 1 amide bonds. The van der Waals surface area contributed by atoms with Crippen LogP contribution in [0.1, 0.15) is 119 Å². The second-order valence-corrected chi connectivity index (χ2v) is 12.3. The molecule has 5 nitrogen and oxygen atoms in total. The van der Waals surface area contributed by atoms with Crippen LogP contribution in [-0.4, -0.2) is 15.7 Å². The fraction of sp³-hybridized carbons (Fsp3) is 0.471. The number of carbonyl (C=O) groups excluding carboxylic acids is 1. The van der Waals surface area contributed by atoms with Gasteiger partial charge in [0.25, 0.3) is 0 Å². The van der Waals surface area contributed by atoms with Crippen LogP contribution in [0.5, 0.6) is 0 Å². The molecule has 0 aliphatic heterocycles. The van der Waals surface area contributed by atoms with Crippen LogP contribution in [0.15, 0.2) is 53.6 Å². The Morgan fingerprint density at radius 1 is 0.950 bits per heavy atom. The van der Waals surface area contributed by atoms with E-state index in [0.29, 0.717) is 30.1 Å². The van der Waals surface area contributed by atoms with Gasteiger partial charge in [-0.25, -0.2) is 4.68 Å². The third-order valence-corrected chi connectivity index (χ3v) is 7.81. The van der Waals surface area contributed by atoms with E-state index in [1.165, 1.54) is 60.9 Å². The molecule has 214 valence electrons. The lowest BCUT2D eigenvalue weighted by Gasteiger charge is -2.20. The van der Waals surface area contributed by atoms with Crippen molar-refractivity contribution in [3.05, 3.63) is 76.5 Å². The number of hydrogen-bond acceptors (Lipinski definition) is 4. The molecule has 0 saturated heterocycles. The predicted octanol–water partition coefficient (Wildman–Crippen LogP) is 7.85. The Morgan fingerprint density at radius 3 is 2.05 bits per heavy atom. The molecule has 4 rings (SSSR count). The lowest BCUT2D eigenvalue weighted by atomic mass is 9.85. The summed E-state index contributed by atoms with van der Waals surface area (Å²) in [4.78, 5) is 11.5. The second kappa shape index (κ2) is 15.1. The molecule has 0 spiro atoms. The maximum Gasteiger partial charge on any atom is 0.221 e. The first kappa shape index (κ1) is 31.5. The van der Waals surface area contributed by atoms with Crippen LogP contribution in [0.25, 0.3) is 5.69 Å². The zero-order valence-electron chi connectivity index (χ0n) is 25.0. The van der Waals surface area contributed by atoms with Crippen molar-refractivity contribution < 1.29 is 4.79 Å². The quantitative estimate of drug-likeness (QED) is 0.228. The van der Waals surface area contributed by atoms with Gasteiger partial charge < -0.3 is 5.73 Å². The number of amides is 1. The largest absolute Gasteiger partial charge is 0.369 e. The van der Waals surface area contributed by atoms with E-state index in [-0.39, 0.29) is 5.91 Å². The molecule has 1 aliphatic carbocycles. The first-order chi connectivity index (χ1) is 19.1. The Labute approximate surface area is 245 Å². The Hall–Kier alpha value is -3.01. The summed E-state index contributed by atoms with van der Waals surface area (Å²) in [6.45, 7) is 13.0. The summed E-state index contributed by atoms with van der Waals surface area (Å²) in [5.41, 5.74) is 12.4. The normalized spacial score (nSPS) is 13.7. The van der Waals surface area contributed by atoms with Gasteiger partial charge in [-0.2, -0.15) is 5.10 Å². The van der Waals surface area contributed by atoms with Gasteiger partial charge in [-0.3, -0.25) is 9.93 Å².